The average molecular weight is 398 g/mol. The van der Waals surface area contributed by atoms with Gasteiger partial charge in [0.05, 0.1) is 0 Å². The summed E-state index contributed by atoms with van der Waals surface area (Å²) in [4.78, 5) is 23.7. The van der Waals surface area contributed by atoms with Crippen LogP contribution >= 0.6 is 0 Å². The number of imide groups is 1. The second-order valence-corrected chi connectivity index (χ2v) is 2.63. The number of benzene rings is 1. The van der Waals surface area contributed by atoms with Crippen molar-refractivity contribution >= 4 is 11.8 Å². The zero-order valence-corrected chi connectivity index (χ0v) is 11.2. The van der Waals surface area contributed by atoms with Crippen molar-refractivity contribution in [1.82, 2.24) is 4.90 Å². The standard InChI is InChI=1S/C9H6NO2.U/c1-10-8(11)6-4-2-3-5-7(6)9(10)12;/h2-4H,1H3;/q-1;. The summed E-state index contributed by atoms with van der Waals surface area (Å²) in [5.41, 5.74) is 0.829. The Balaban J connectivity index is 0.000000845. The molecule has 3 nitrogen and oxygen atoms in total. The molecule has 0 aliphatic carbocycles. The normalized spacial score (nSPS) is 14.1. The van der Waals surface area contributed by atoms with Crippen LogP contribution in [0.5, 0.6) is 0 Å². The fourth-order valence-electron chi connectivity index (χ4n) is 1.23. The second-order valence-electron chi connectivity index (χ2n) is 2.63. The van der Waals surface area contributed by atoms with E-state index >= 15 is 0 Å². The Hall–Kier alpha value is -0.588. The number of hydrogen-bond acceptors (Lipinski definition) is 2. The third kappa shape index (κ3) is 1.45. The average Bonchev–Trinajstić information content (AvgIpc) is 2.33. The molecular weight excluding hydrogens is 392 g/mol. The molecule has 1 heterocycles. The molecule has 0 aromatic heterocycles. The molecular formula is C9H6NO2U-. The van der Waals surface area contributed by atoms with Crippen molar-refractivity contribution < 1.29 is 40.7 Å². The molecule has 4 heteroatoms. The predicted molar refractivity (Wildman–Crippen MR) is 41.7 cm³/mol. The zero-order valence-electron chi connectivity index (χ0n) is 7.00. The molecule has 13 heavy (non-hydrogen) atoms. The van der Waals surface area contributed by atoms with Crippen LogP contribution in [0.2, 0.25) is 0 Å². The van der Waals surface area contributed by atoms with E-state index in [1.807, 2.05) is 0 Å². The minimum atomic E-state index is -0.268. The molecule has 0 atom stereocenters. The Morgan fingerprint density at radius 3 is 2.62 bits per heavy atom. The predicted octanol–water partition coefficient (Wildman–Crippen LogP) is 0.713. The van der Waals surface area contributed by atoms with E-state index < -0.39 is 0 Å². The summed E-state index contributed by atoms with van der Waals surface area (Å²) in [5, 5.41) is 0. The number of fused-ring (bicyclic) bond motifs is 1. The molecule has 1 aliphatic heterocycles. The van der Waals surface area contributed by atoms with Gasteiger partial charge in [-0.2, -0.15) is 0 Å². The van der Waals surface area contributed by atoms with Crippen molar-refractivity contribution in [3.8, 4) is 0 Å². The largest absolute Gasteiger partial charge is 0.327 e. The molecule has 0 bridgehead atoms. The SMILES string of the molecule is CN1C(=O)c2[c-]cccc2C1=O.[U]. The molecule has 0 saturated heterocycles. The summed E-state index contributed by atoms with van der Waals surface area (Å²) in [6.45, 7) is 0. The van der Waals surface area contributed by atoms with Crippen LogP contribution in [-0.2, 0) is 0 Å². The first-order chi connectivity index (χ1) is 5.72. The molecule has 2 rings (SSSR count). The number of hydrogen-bond donors (Lipinski definition) is 0. The summed E-state index contributed by atoms with van der Waals surface area (Å²) in [7, 11) is 1.47. The summed E-state index contributed by atoms with van der Waals surface area (Å²) in [5.74, 6) is -0.512. The fraction of sp³-hybridized carbons (Fsp3) is 0.111. The van der Waals surface area contributed by atoms with Gasteiger partial charge >= 0.3 is 0 Å². The van der Waals surface area contributed by atoms with Gasteiger partial charge in [-0.15, -0.1) is 24.3 Å². The molecule has 0 fully saturated rings. The molecule has 0 radical (unpaired) electrons. The van der Waals surface area contributed by atoms with E-state index in [0.717, 1.165) is 4.90 Å². The van der Waals surface area contributed by atoms with Crippen LogP contribution in [0.4, 0.5) is 0 Å². The van der Waals surface area contributed by atoms with Crippen LogP contribution in [0, 0.1) is 37.2 Å². The van der Waals surface area contributed by atoms with E-state index in [9.17, 15) is 9.59 Å². The van der Waals surface area contributed by atoms with E-state index in [-0.39, 0.29) is 42.9 Å². The van der Waals surface area contributed by atoms with E-state index in [1.165, 1.54) is 7.05 Å². The van der Waals surface area contributed by atoms with Gasteiger partial charge in [0, 0.05) is 38.2 Å². The summed E-state index contributed by atoms with van der Waals surface area (Å²) in [6.07, 6.45) is 0. The van der Waals surface area contributed by atoms with Crippen LogP contribution in [0.15, 0.2) is 18.2 Å². The second kappa shape index (κ2) is 3.65. The Kier molecular flexibility index (Phi) is 2.95. The van der Waals surface area contributed by atoms with Crippen molar-refractivity contribution in [2.45, 2.75) is 0 Å². The van der Waals surface area contributed by atoms with Gasteiger partial charge in [-0.25, -0.2) is 0 Å². The third-order valence-electron chi connectivity index (χ3n) is 1.91. The van der Waals surface area contributed by atoms with E-state index in [1.54, 1.807) is 18.2 Å². The van der Waals surface area contributed by atoms with Crippen molar-refractivity contribution in [1.29, 1.82) is 0 Å². The van der Waals surface area contributed by atoms with Gasteiger partial charge in [0.15, 0.2) is 5.91 Å². The van der Waals surface area contributed by atoms with Gasteiger partial charge in [0.2, 0.25) is 5.91 Å². The minimum Gasteiger partial charge on any atom is -0.327 e. The number of rotatable bonds is 0. The van der Waals surface area contributed by atoms with Gasteiger partial charge in [-0.05, 0) is 5.56 Å². The quantitative estimate of drug-likeness (QED) is 0.477. The number of carbonyl (C=O) groups is 2. The van der Waals surface area contributed by atoms with Gasteiger partial charge < -0.3 is 9.69 Å². The number of amides is 2. The number of nitrogens with zero attached hydrogens (tertiary/aromatic N) is 1. The molecule has 1 aromatic rings. The van der Waals surface area contributed by atoms with E-state index in [0.29, 0.717) is 11.1 Å². The molecule has 0 unspecified atom stereocenters. The molecule has 2 amide bonds. The first-order valence-corrected chi connectivity index (χ1v) is 3.55. The first-order valence-electron chi connectivity index (χ1n) is 3.55. The zero-order chi connectivity index (χ0) is 8.72. The molecule has 0 spiro atoms. The van der Waals surface area contributed by atoms with E-state index in [4.69, 9.17) is 0 Å². The van der Waals surface area contributed by atoms with Crippen LogP contribution in [0.25, 0.3) is 0 Å². The molecule has 64 valence electrons. The molecule has 1 aromatic carbocycles. The van der Waals surface area contributed by atoms with Gasteiger partial charge in [-0.3, -0.25) is 4.79 Å². The number of carbonyl (C=O) groups excluding carboxylic acids is 2. The minimum absolute atomic E-state index is 0. The van der Waals surface area contributed by atoms with E-state index in [2.05, 4.69) is 6.07 Å². The summed E-state index contributed by atoms with van der Waals surface area (Å²) >= 11 is 0. The van der Waals surface area contributed by atoms with Crippen LogP contribution in [0.1, 0.15) is 20.7 Å². The Labute approximate surface area is 99.5 Å². The molecule has 1 aliphatic rings. The Bertz CT molecular complexity index is 341. The van der Waals surface area contributed by atoms with Crippen LogP contribution in [0.3, 0.4) is 0 Å². The Morgan fingerprint density at radius 2 is 2.00 bits per heavy atom. The molecule has 0 N–H and O–H groups in total. The first kappa shape index (κ1) is 10.5. The summed E-state index contributed by atoms with van der Waals surface area (Å²) < 4.78 is 0. The van der Waals surface area contributed by atoms with Crippen molar-refractivity contribution in [3.63, 3.8) is 0 Å². The summed E-state index contributed by atoms with van der Waals surface area (Å²) in [6, 6.07) is 7.71. The monoisotopic (exact) mass is 398 g/mol. The van der Waals surface area contributed by atoms with Crippen LogP contribution < -0.4 is 0 Å². The van der Waals surface area contributed by atoms with Crippen molar-refractivity contribution in [2.24, 2.45) is 0 Å². The topological polar surface area (TPSA) is 37.4 Å². The van der Waals surface area contributed by atoms with Gasteiger partial charge in [0.25, 0.3) is 0 Å². The maximum atomic E-state index is 11.3. The smallest absolute Gasteiger partial charge is 0.210 e. The fourth-order valence-corrected chi connectivity index (χ4v) is 1.23. The Morgan fingerprint density at radius 1 is 1.31 bits per heavy atom. The maximum absolute atomic E-state index is 11.3. The third-order valence-corrected chi connectivity index (χ3v) is 1.91. The van der Waals surface area contributed by atoms with Crippen LogP contribution in [-0.4, -0.2) is 23.8 Å². The molecule has 0 saturated carbocycles. The van der Waals surface area contributed by atoms with Crippen molar-refractivity contribution in [3.05, 3.63) is 35.4 Å². The maximum Gasteiger partial charge on any atom is 0.210 e. The van der Waals surface area contributed by atoms with Gasteiger partial charge in [0.1, 0.15) is 0 Å². The van der Waals surface area contributed by atoms with Crippen molar-refractivity contribution in [2.75, 3.05) is 7.05 Å². The van der Waals surface area contributed by atoms with Gasteiger partial charge in [-0.1, -0.05) is 5.56 Å².